The highest BCUT2D eigenvalue weighted by Gasteiger charge is 2.24. The van der Waals surface area contributed by atoms with Crippen LogP contribution in [0.2, 0.25) is 0 Å². The molecule has 0 bridgehead atoms. The molecule has 0 spiro atoms. The highest BCUT2D eigenvalue weighted by Crippen LogP contribution is 2.24. The zero-order valence-electron chi connectivity index (χ0n) is 17.3. The molecule has 0 aliphatic carbocycles. The fourth-order valence-electron chi connectivity index (χ4n) is 3.69. The van der Waals surface area contributed by atoms with Gasteiger partial charge in [-0.05, 0) is 43.0 Å². The Morgan fingerprint density at radius 3 is 2.60 bits per heavy atom. The number of halogens is 2. The summed E-state index contributed by atoms with van der Waals surface area (Å²) in [6, 6.07) is 13.5. The van der Waals surface area contributed by atoms with E-state index in [1.165, 1.54) is 18.2 Å². The van der Waals surface area contributed by atoms with E-state index in [2.05, 4.69) is 16.2 Å². The van der Waals surface area contributed by atoms with Crippen LogP contribution in [0.25, 0.3) is 0 Å². The number of rotatable bonds is 9. The molecule has 2 unspecified atom stereocenters. The molecule has 1 aliphatic rings. The second-order valence-corrected chi connectivity index (χ2v) is 7.85. The molecule has 1 saturated heterocycles. The van der Waals surface area contributed by atoms with E-state index in [0.29, 0.717) is 18.2 Å². The van der Waals surface area contributed by atoms with Crippen molar-refractivity contribution in [2.45, 2.75) is 50.7 Å². The SMILES string of the molecule is CN(CCCCCC1CC(c2ccc(F)cc2)NN1)C(=O)NCc1ccccc1F. The van der Waals surface area contributed by atoms with E-state index in [4.69, 9.17) is 0 Å². The maximum absolute atomic E-state index is 13.6. The van der Waals surface area contributed by atoms with Gasteiger partial charge < -0.3 is 10.2 Å². The standard InChI is InChI=1S/C23H30F2N4O/c1-29(23(30)26-16-18-7-4-5-9-21(18)25)14-6-2-3-8-20-15-22(28-27-20)17-10-12-19(24)13-11-17/h4-5,7,9-13,20,22,27-28H,2-3,6,8,14-16H2,1H3,(H,26,30). The highest BCUT2D eigenvalue weighted by molar-refractivity contribution is 5.73. The molecule has 30 heavy (non-hydrogen) atoms. The maximum Gasteiger partial charge on any atom is 0.317 e. The Labute approximate surface area is 176 Å². The van der Waals surface area contributed by atoms with Crippen molar-refractivity contribution in [2.75, 3.05) is 13.6 Å². The summed E-state index contributed by atoms with van der Waals surface area (Å²) in [5.41, 5.74) is 8.19. The average molecular weight is 417 g/mol. The summed E-state index contributed by atoms with van der Waals surface area (Å²) in [6.07, 6.45) is 5.05. The average Bonchev–Trinajstić information content (AvgIpc) is 3.22. The van der Waals surface area contributed by atoms with Crippen LogP contribution in [-0.2, 0) is 6.54 Å². The van der Waals surface area contributed by atoms with E-state index in [9.17, 15) is 13.6 Å². The number of carbonyl (C=O) groups excluding carboxylic acids is 1. The second kappa shape index (κ2) is 11.0. The Kier molecular flexibility index (Phi) is 8.16. The number of nitrogens with zero attached hydrogens (tertiary/aromatic N) is 1. The van der Waals surface area contributed by atoms with E-state index in [0.717, 1.165) is 37.7 Å². The van der Waals surface area contributed by atoms with Gasteiger partial charge in [-0.15, -0.1) is 0 Å². The molecule has 162 valence electrons. The second-order valence-electron chi connectivity index (χ2n) is 7.85. The number of amides is 2. The first-order valence-electron chi connectivity index (χ1n) is 10.5. The monoisotopic (exact) mass is 416 g/mol. The van der Waals surface area contributed by atoms with Crippen LogP contribution in [0.4, 0.5) is 13.6 Å². The number of nitrogens with one attached hydrogen (secondary N) is 3. The van der Waals surface area contributed by atoms with Gasteiger partial charge in [-0.25, -0.2) is 13.6 Å². The van der Waals surface area contributed by atoms with Gasteiger partial charge in [-0.2, -0.15) is 0 Å². The first kappa shape index (κ1) is 22.2. The fraction of sp³-hybridized carbons (Fsp3) is 0.435. The number of urea groups is 1. The lowest BCUT2D eigenvalue weighted by molar-refractivity contribution is 0.207. The molecule has 2 atom stereocenters. The molecule has 2 aromatic carbocycles. The predicted molar refractivity (Wildman–Crippen MR) is 114 cm³/mol. The normalized spacial score (nSPS) is 18.4. The van der Waals surface area contributed by atoms with Crippen LogP contribution in [0.15, 0.2) is 48.5 Å². The van der Waals surface area contributed by atoms with Gasteiger partial charge in [0.1, 0.15) is 11.6 Å². The summed E-state index contributed by atoms with van der Waals surface area (Å²) in [4.78, 5) is 13.8. The number of hydrogen-bond donors (Lipinski definition) is 3. The molecule has 0 radical (unpaired) electrons. The van der Waals surface area contributed by atoms with Crippen molar-refractivity contribution < 1.29 is 13.6 Å². The molecule has 5 nitrogen and oxygen atoms in total. The minimum Gasteiger partial charge on any atom is -0.334 e. The van der Waals surface area contributed by atoms with Crippen LogP contribution in [-0.4, -0.2) is 30.6 Å². The van der Waals surface area contributed by atoms with Gasteiger partial charge in [0.25, 0.3) is 0 Å². The van der Waals surface area contributed by atoms with Crippen LogP contribution in [0.3, 0.4) is 0 Å². The minimum absolute atomic E-state index is 0.186. The van der Waals surface area contributed by atoms with Crippen LogP contribution in [0.5, 0.6) is 0 Å². The highest BCUT2D eigenvalue weighted by atomic mass is 19.1. The van der Waals surface area contributed by atoms with Crippen molar-refractivity contribution in [3.63, 3.8) is 0 Å². The van der Waals surface area contributed by atoms with Gasteiger partial charge in [0.15, 0.2) is 0 Å². The fourth-order valence-corrected chi connectivity index (χ4v) is 3.69. The van der Waals surface area contributed by atoms with Crippen LogP contribution < -0.4 is 16.2 Å². The minimum atomic E-state index is -0.308. The molecule has 1 heterocycles. The topological polar surface area (TPSA) is 56.4 Å². The van der Waals surface area contributed by atoms with E-state index < -0.39 is 0 Å². The Morgan fingerprint density at radius 1 is 1.07 bits per heavy atom. The summed E-state index contributed by atoms with van der Waals surface area (Å²) in [7, 11) is 1.76. The van der Waals surface area contributed by atoms with E-state index in [1.54, 1.807) is 30.1 Å². The summed E-state index contributed by atoms with van der Waals surface area (Å²) in [5.74, 6) is -0.524. The number of hydrogen-bond acceptors (Lipinski definition) is 3. The molecule has 0 aromatic heterocycles. The van der Waals surface area contributed by atoms with E-state index in [1.807, 2.05) is 12.1 Å². The largest absolute Gasteiger partial charge is 0.334 e. The number of carbonyl (C=O) groups is 1. The molecule has 3 N–H and O–H groups in total. The van der Waals surface area contributed by atoms with Crippen molar-refractivity contribution in [3.8, 4) is 0 Å². The third-order valence-corrected chi connectivity index (χ3v) is 5.53. The molecule has 7 heteroatoms. The lowest BCUT2D eigenvalue weighted by atomic mass is 9.99. The quantitative estimate of drug-likeness (QED) is 0.535. The van der Waals surface area contributed by atoms with Crippen LogP contribution in [0, 0.1) is 11.6 Å². The van der Waals surface area contributed by atoms with Gasteiger partial charge in [-0.1, -0.05) is 43.2 Å². The van der Waals surface area contributed by atoms with Crippen molar-refractivity contribution in [1.82, 2.24) is 21.1 Å². The molecule has 0 saturated carbocycles. The van der Waals surface area contributed by atoms with Crippen molar-refractivity contribution in [3.05, 3.63) is 71.3 Å². The molecular weight excluding hydrogens is 386 g/mol. The molecular formula is C23H30F2N4O. The van der Waals surface area contributed by atoms with Crippen molar-refractivity contribution in [1.29, 1.82) is 0 Å². The number of hydrazine groups is 1. The number of benzene rings is 2. The Balaban J connectivity index is 1.27. The van der Waals surface area contributed by atoms with Crippen molar-refractivity contribution in [2.24, 2.45) is 0 Å². The van der Waals surface area contributed by atoms with Gasteiger partial charge in [-0.3, -0.25) is 10.9 Å². The Bertz CT molecular complexity index is 815. The third-order valence-electron chi connectivity index (χ3n) is 5.53. The third kappa shape index (κ3) is 6.50. The predicted octanol–water partition coefficient (Wildman–Crippen LogP) is 4.27. The first-order chi connectivity index (χ1) is 14.5. The van der Waals surface area contributed by atoms with Crippen molar-refractivity contribution >= 4 is 6.03 Å². The molecule has 2 aromatic rings. The summed E-state index contributed by atoms with van der Waals surface area (Å²) >= 11 is 0. The lowest BCUT2D eigenvalue weighted by Crippen LogP contribution is -2.37. The maximum atomic E-state index is 13.6. The van der Waals surface area contributed by atoms with Gasteiger partial charge in [0.05, 0.1) is 0 Å². The van der Waals surface area contributed by atoms with Gasteiger partial charge in [0, 0.05) is 37.8 Å². The zero-order valence-corrected chi connectivity index (χ0v) is 17.3. The lowest BCUT2D eigenvalue weighted by Gasteiger charge is -2.18. The first-order valence-corrected chi connectivity index (χ1v) is 10.5. The van der Waals surface area contributed by atoms with E-state index >= 15 is 0 Å². The van der Waals surface area contributed by atoms with Gasteiger partial charge in [0.2, 0.25) is 0 Å². The summed E-state index contributed by atoms with van der Waals surface area (Å²) in [6.45, 7) is 0.850. The number of unbranched alkanes of at least 4 members (excludes halogenated alkanes) is 2. The van der Waals surface area contributed by atoms with E-state index in [-0.39, 0.29) is 30.3 Å². The molecule has 1 aliphatic heterocycles. The molecule has 1 fully saturated rings. The van der Waals surface area contributed by atoms with Gasteiger partial charge >= 0.3 is 6.03 Å². The smallest absolute Gasteiger partial charge is 0.317 e. The van der Waals surface area contributed by atoms with Crippen LogP contribution >= 0.6 is 0 Å². The molecule has 2 amide bonds. The summed E-state index contributed by atoms with van der Waals surface area (Å²) in [5, 5.41) is 2.75. The Hall–Kier alpha value is -2.51. The van der Waals surface area contributed by atoms with Crippen LogP contribution in [0.1, 0.15) is 49.3 Å². The Morgan fingerprint density at radius 2 is 1.83 bits per heavy atom. The summed E-state index contributed by atoms with van der Waals surface area (Å²) < 4.78 is 26.7. The molecule has 3 rings (SSSR count). The zero-order chi connectivity index (χ0) is 21.3.